The van der Waals surface area contributed by atoms with E-state index in [0.29, 0.717) is 0 Å². The van der Waals surface area contributed by atoms with E-state index in [-0.39, 0.29) is 51.4 Å². The van der Waals surface area contributed by atoms with E-state index in [9.17, 15) is 25.2 Å². The maximum absolute atomic E-state index is 16.2. The molecule has 370 valence electrons. The second-order valence-electron chi connectivity index (χ2n) is 25.0. The summed E-state index contributed by atoms with van der Waals surface area (Å²) in [6.07, 6.45) is -0.774. The van der Waals surface area contributed by atoms with Crippen molar-refractivity contribution in [3.63, 3.8) is 0 Å². The van der Waals surface area contributed by atoms with Gasteiger partial charge in [0.25, 0.3) is 0 Å². The van der Waals surface area contributed by atoms with Crippen LogP contribution in [0.1, 0.15) is 169 Å². The summed E-state index contributed by atoms with van der Waals surface area (Å²) in [5.41, 5.74) is -15.5. The molecular formula is C48H86N4O12. The van der Waals surface area contributed by atoms with Crippen LogP contribution in [0.25, 0.3) is 0 Å². The van der Waals surface area contributed by atoms with Crippen LogP contribution in [0.15, 0.2) is 0 Å². The highest BCUT2D eigenvalue weighted by molar-refractivity contribution is 5.96. The van der Waals surface area contributed by atoms with E-state index in [1.54, 1.807) is 24.3 Å². The third kappa shape index (κ3) is 8.12. The van der Waals surface area contributed by atoms with E-state index >= 15 is 14.4 Å². The first-order valence-electron chi connectivity index (χ1n) is 23.1. The van der Waals surface area contributed by atoms with Gasteiger partial charge in [-0.2, -0.15) is 20.3 Å². The summed E-state index contributed by atoms with van der Waals surface area (Å²) in [4.78, 5) is 86.0. The Morgan fingerprint density at radius 1 is 0.406 bits per heavy atom. The first-order valence-corrected chi connectivity index (χ1v) is 23.1. The first kappa shape index (κ1) is 54.2. The van der Waals surface area contributed by atoms with Gasteiger partial charge in [0.2, 0.25) is 0 Å². The molecule has 4 heterocycles. The normalized spacial score (nSPS) is 28.8. The molecule has 0 aliphatic carbocycles. The van der Waals surface area contributed by atoms with Crippen molar-refractivity contribution in [1.82, 2.24) is 20.3 Å². The molecule has 4 saturated heterocycles. The van der Waals surface area contributed by atoms with Gasteiger partial charge in [0, 0.05) is 44.3 Å². The highest BCUT2D eigenvalue weighted by Crippen LogP contribution is 2.75. The van der Waals surface area contributed by atoms with Gasteiger partial charge in [-0.15, -0.1) is 0 Å². The highest BCUT2D eigenvalue weighted by Gasteiger charge is 2.84. The van der Waals surface area contributed by atoms with Crippen LogP contribution in [0.5, 0.6) is 0 Å². The lowest BCUT2D eigenvalue weighted by Gasteiger charge is -2.71. The summed E-state index contributed by atoms with van der Waals surface area (Å²) in [7, 11) is 6.19. The monoisotopic (exact) mass is 911 g/mol. The number of carbonyl (C=O) groups is 4. The Morgan fingerprint density at radius 3 is 0.828 bits per heavy atom. The Bertz CT molecular complexity index is 1670. The van der Waals surface area contributed by atoms with Crippen LogP contribution in [-0.2, 0) is 38.5 Å². The number of hydrogen-bond acceptors (Lipinski definition) is 12. The Labute approximate surface area is 383 Å². The fraction of sp³-hybridized carbons (Fsp3) is 0.917. The number of hydrogen-bond donors (Lipinski definition) is 4. The molecule has 16 heteroatoms. The SMILES string of the molecule is CON1C(C)(C)CC(C(CC(=O)O)(C(=O)O)C(C(=O)O)(C2CC(C)(C)N(OC)C(C)(C)C2)C(C(=O)O)(C2CC(C)(C)N(OC)C(C)(C)C2)C2CC(C)(C)N(OC)C(C)(C)C2)CC1(C)C. The Balaban J connectivity index is 2.49. The molecule has 4 N–H and O–H groups in total. The van der Waals surface area contributed by atoms with Crippen LogP contribution in [0, 0.1) is 39.9 Å². The zero-order chi connectivity index (χ0) is 49.6. The van der Waals surface area contributed by atoms with Crippen molar-refractivity contribution in [1.29, 1.82) is 0 Å². The van der Waals surface area contributed by atoms with E-state index in [1.165, 1.54) is 14.2 Å². The topological polar surface area (TPSA) is 199 Å². The van der Waals surface area contributed by atoms with Crippen LogP contribution in [0.3, 0.4) is 0 Å². The van der Waals surface area contributed by atoms with Crippen molar-refractivity contribution < 1.29 is 59.0 Å². The lowest BCUT2D eigenvalue weighted by molar-refractivity contribution is -0.328. The molecule has 4 aliphatic rings. The number of piperidine rings is 4. The highest BCUT2D eigenvalue weighted by atomic mass is 16.7. The minimum absolute atomic E-state index is 0.00348. The van der Waals surface area contributed by atoms with Gasteiger partial charge in [0.05, 0.1) is 45.7 Å². The van der Waals surface area contributed by atoms with E-state index in [2.05, 4.69) is 0 Å². The first-order chi connectivity index (χ1) is 28.8. The van der Waals surface area contributed by atoms with Crippen LogP contribution < -0.4 is 0 Å². The molecule has 0 saturated carbocycles. The summed E-state index contributed by atoms with van der Waals surface area (Å²) in [6.45, 7) is 30.6. The third-order valence-corrected chi connectivity index (χ3v) is 16.6. The maximum atomic E-state index is 16.2. The summed E-state index contributed by atoms with van der Waals surface area (Å²) in [5, 5.41) is 57.4. The van der Waals surface area contributed by atoms with Gasteiger partial charge >= 0.3 is 23.9 Å². The van der Waals surface area contributed by atoms with E-state index in [4.69, 9.17) is 19.4 Å². The quantitative estimate of drug-likeness (QED) is 0.123. The smallest absolute Gasteiger partial charge is 0.312 e. The number of aliphatic carboxylic acids is 4. The van der Waals surface area contributed by atoms with Crippen LogP contribution in [0.4, 0.5) is 0 Å². The van der Waals surface area contributed by atoms with Gasteiger partial charge in [0.15, 0.2) is 0 Å². The summed E-state index contributed by atoms with van der Waals surface area (Å²) >= 11 is 0. The summed E-state index contributed by atoms with van der Waals surface area (Å²) in [5.74, 6) is -10.7. The molecule has 0 amide bonds. The van der Waals surface area contributed by atoms with Crippen molar-refractivity contribution in [3.8, 4) is 0 Å². The van der Waals surface area contributed by atoms with E-state index in [0.717, 1.165) is 0 Å². The maximum Gasteiger partial charge on any atom is 0.312 e. The van der Waals surface area contributed by atoms with Crippen molar-refractivity contribution in [2.45, 2.75) is 213 Å². The standard InChI is InChI=1S/C48H86N4O12/c1-38(2)21-30(22-39(3,4)49(38)61-17)46(35(55)56,29-34(53)54)48(37(59)60,33-27-44(13,14)52(64-20)45(15,16)28-33)47(36(57)58,31-23-40(5,6)50(62-18)41(7,8)24-31)32-25-42(9,10)51(63-19)43(11,12)26-32/h30-33H,21-29H2,1-20H3,(H,53,54)(H,55,56)(H,57,58)(H,59,60). The largest absolute Gasteiger partial charge is 0.481 e. The number of carboxylic acid groups (broad SMARTS) is 4. The molecule has 0 aromatic carbocycles. The molecule has 0 radical (unpaired) electrons. The van der Waals surface area contributed by atoms with Gasteiger partial charge in [-0.3, -0.25) is 19.2 Å². The number of carboxylic acids is 4. The van der Waals surface area contributed by atoms with Gasteiger partial charge in [0.1, 0.15) is 5.41 Å². The van der Waals surface area contributed by atoms with Gasteiger partial charge in [-0.05, 0) is 186 Å². The molecule has 16 nitrogen and oxygen atoms in total. The molecule has 0 bridgehead atoms. The molecule has 64 heavy (non-hydrogen) atoms. The predicted molar refractivity (Wildman–Crippen MR) is 241 cm³/mol. The Morgan fingerprint density at radius 2 is 0.641 bits per heavy atom. The van der Waals surface area contributed by atoms with Gasteiger partial charge in [-0.1, -0.05) is 0 Å². The summed E-state index contributed by atoms with van der Waals surface area (Å²) in [6, 6.07) is 0. The zero-order valence-electron chi connectivity index (χ0n) is 43.0. The van der Waals surface area contributed by atoms with Crippen molar-refractivity contribution in [2.75, 3.05) is 28.4 Å². The molecular weight excluding hydrogens is 825 g/mol. The fourth-order valence-corrected chi connectivity index (χ4v) is 16.7. The number of nitrogens with zero attached hydrogens (tertiary/aromatic N) is 4. The number of rotatable bonds is 15. The lowest BCUT2D eigenvalue weighted by atomic mass is 9.32. The van der Waals surface area contributed by atoms with Crippen LogP contribution in [0.2, 0.25) is 0 Å². The molecule has 2 atom stereocenters. The average Bonchev–Trinajstić information content (AvgIpc) is 3.05. The van der Waals surface area contributed by atoms with E-state index < -0.39 is 115 Å². The average molecular weight is 911 g/mol. The lowest BCUT2D eigenvalue weighted by Crippen LogP contribution is -2.79. The zero-order valence-corrected chi connectivity index (χ0v) is 43.0. The molecule has 0 aromatic heterocycles. The Hall–Kier alpha value is -2.44. The molecule has 4 fully saturated rings. The minimum Gasteiger partial charge on any atom is -0.481 e. The predicted octanol–water partition coefficient (Wildman–Crippen LogP) is 8.00. The minimum atomic E-state index is -2.81. The van der Waals surface area contributed by atoms with E-state index in [1.807, 2.05) is 121 Å². The van der Waals surface area contributed by atoms with Crippen LogP contribution in [-0.4, -0.2) is 137 Å². The van der Waals surface area contributed by atoms with Gasteiger partial charge < -0.3 is 39.8 Å². The van der Waals surface area contributed by atoms with Crippen molar-refractivity contribution >= 4 is 23.9 Å². The Kier molecular flexibility index (Phi) is 14.4. The molecule has 0 spiro atoms. The molecule has 4 aliphatic heterocycles. The summed E-state index contributed by atoms with van der Waals surface area (Å²) < 4.78 is 0. The van der Waals surface area contributed by atoms with Crippen molar-refractivity contribution in [2.24, 2.45) is 39.9 Å². The van der Waals surface area contributed by atoms with Crippen molar-refractivity contribution in [3.05, 3.63) is 0 Å². The second-order valence-corrected chi connectivity index (χ2v) is 25.0. The second kappa shape index (κ2) is 17.0. The molecule has 2 unspecified atom stereocenters. The fourth-order valence-electron chi connectivity index (χ4n) is 16.7. The third-order valence-electron chi connectivity index (χ3n) is 16.6. The number of hydroxylamine groups is 8. The molecule has 0 aromatic rings. The van der Waals surface area contributed by atoms with Crippen LogP contribution >= 0.6 is 0 Å². The van der Waals surface area contributed by atoms with Gasteiger partial charge in [-0.25, -0.2) is 0 Å². The molecule has 4 rings (SSSR count).